The van der Waals surface area contributed by atoms with E-state index in [1.807, 2.05) is 70.6 Å². The lowest BCUT2D eigenvalue weighted by atomic mass is 10.2. The van der Waals surface area contributed by atoms with Gasteiger partial charge in [0.2, 0.25) is 0 Å². The van der Waals surface area contributed by atoms with Crippen molar-refractivity contribution in [3.05, 3.63) is 47.5 Å². The maximum absolute atomic E-state index is 2.28. The largest absolute Gasteiger partial charge is 0.128 e. The van der Waals surface area contributed by atoms with Gasteiger partial charge in [-0.05, 0) is 72.9 Å². The smallest absolute Gasteiger partial charge is 0.0342 e. The number of thioether (sulfide) groups is 6. The van der Waals surface area contributed by atoms with Crippen molar-refractivity contribution >= 4 is 82.7 Å². The predicted molar refractivity (Wildman–Crippen MR) is 142 cm³/mol. The molecule has 0 fully saturated rings. The van der Waals surface area contributed by atoms with Crippen LogP contribution in [0.2, 0.25) is 0 Å². The van der Waals surface area contributed by atoms with E-state index in [4.69, 9.17) is 0 Å². The summed E-state index contributed by atoms with van der Waals surface area (Å²) < 4.78 is 0. The van der Waals surface area contributed by atoms with Gasteiger partial charge in [-0.25, -0.2) is 0 Å². The Labute approximate surface area is 195 Å². The van der Waals surface area contributed by atoms with Gasteiger partial charge in [0, 0.05) is 29.4 Å². The molecule has 0 aliphatic heterocycles. The average molecular weight is 483 g/mol. The molecule has 2 aromatic rings. The van der Waals surface area contributed by atoms with E-state index in [9.17, 15) is 0 Å². The second kappa shape index (κ2) is 12.7. The Hall–Kier alpha value is 0.0200. The van der Waals surface area contributed by atoms with Crippen molar-refractivity contribution in [3.8, 4) is 0 Å². The topological polar surface area (TPSA) is 0 Å². The van der Waals surface area contributed by atoms with Crippen LogP contribution < -0.4 is 0 Å². The molecule has 0 spiro atoms. The highest BCUT2D eigenvalue weighted by Crippen LogP contribution is 2.38. The van der Waals surface area contributed by atoms with E-state index >= 15 is 0 Å². The quantitative estimate of drug-likeness (QED) is 0.257. The summed E-state index contributed by atoms with van der Waals surface area (Å²) in [7, 11) is 0. The molecule has 0 amide bonds. The van der Waals surface area contributed by atoms with Crippen LogP contribution in [-0.2, 0) is 0 Å². The Balaban J connectivity index is 2.26. The second-order valence-electron chi connectivity index (χ2n) is 5.64. The van der Waals surface area contributed by atoms with Gasteiger partial charge in [-0.2, -0.15) is 0 Å². The normalized spacial score (nSPS) is 11.8. The molecule has 0 N–H and O–H groups in total. The monoisotopic (exact) mass is 482 g/mol. The van der Waals surface area contributed by atoms with Crippen LogP contribution in [-0.4, -0.2) is 37.5 Å². The van der Waals surface area contributed by atoms with Crippen molar-refractivity contribution in [1.29, 1.82) is 0 Å². The fourth-order valence-corrected chi connectivity index (χ4v) is 8.10. The fourth-order valence-electron chi connectivity index (χ4n) is 2.73. The molecular weight excluding hydrogens is 457 g/mol. The number of hydrogen-bond acceptors (Lipinski definition) is 6. The molecule has 0 nitrogen and oxygen atoms in total. The summed E-state index contributed by atoms with van der Waals surface area (Å²) in [4.78, 5) is 8.18. The van der Waals surface area contributed by atoms with E-state index in [0.717, 1.165) is 0 Å². The molecule has 0 saturated carbocycles. The fraction of sp³-hybridized carbons (Fsp3) is 0.273. The van der Waals surface area contributed by atoms with Gasteiger partial charge in [-0.3, -0.25) is 0 Å². The number of rotatable bonds is 9. The lowest BCUT2D eigenvalue weighted by molar-refractivity contribution is 1.12. The molecule has 0 radical (unpaired) electrons. The van der Waals surface area contributed by atoms with Crippen molar-refractivity contribution in [2.24, 2.45) is 0 Å². The average Bonchev–Trinajstić information content (AvgIpc) is 2.74. The molecule has 0 atom stereocenters. The van der Waals surface area contributed by atoms with Crippen LogP contribution in [0.5, 0.6) is 0 Å². The van der Waals surface area contributed by atoms with Gasteiger partial charge in [0.15, 0.2) is 0 Å². The lowest BCUT2D eigenvalue weighted by Gasteiger charge is -2.11. The molecule has 6 heteroatoms. The van der Waals surface area contributed by atoms with Crippen LogP contribution in [0.15, 0.2) is 65.8 Å². The van der Waals surface area contributed by atoms with Crippen LogP contribution >= 0.6 is 70.6 Å². The Morgan fingerprint density at radius 1 is 0.464 bits per heavy atom. The van der Waals surface area contributed by atoms with E-state index in [1.165, 1.54) is 40.5 Å². The highest BCUT2D eigenvalue weighted by molar-refractivity contribution is 8.03. The third-order valence-corrected chi connectivity index (χ3v) is 9.32. The molecule has 0 bridgehead atoms. The van der Waals surface area contributed by atoms with Gasteiger partial charge in [0.25, 0.3) is 0 Å². The summed E-state index contributed by atoms with van der Waals surface area (Å²) in [6, 6.07) is 9.13. The zero-order valence-corrected chi connectivity index (χ0v) is 22.0. The molecule has 0 saturated heterocycles. The maximum Gasteiger partial charge on any atom is 0.0342 e. The first-order valence-corrected chi connectivity index (χ1v) is 15.9. The van der Waals surface area contributed by atoms with Gasteiger partial charge in [-0.15, -0.1) is 70.6 Å². The van der Waals surface area contributed by atoms with Crippen LogP contribution in [0.25, 0.3) is 12.2 Å². The summed E-state index contributed by atoms with van der Waals surface area (Å²) in [6.45, 7) is 0. The summed E-state index contributed by atoms with van der Waals surface area (Å²) in [5.74, 6) is 0. The minimum Gasteiger partial charge on any atom is -0.128 e. The highest BCUT2D eigenvalue weighted by atomic mass is 32.2. The first-order chi connectivity index (χ1) is 13.6. The lowest BCUT2D eigenvalue weighted by Crippen LogP contribution is -1.85. The summed E-state index contributed by atoms with van der Waals surface area (Å²) in [6.07, 6.45) is 21.6. The summed E-state index contributed by atoms with van der Waals surface area (Å²) >= 11 is 10.9. The van der Waals surface area contributed by atoms with Crippen molar-refractivity contribution in [2.45, 2.75) is 29.4 Å². The minimum absolute atomic E-state index is 1.25. The number of allylic oxidation sites excluding steroid dienone is 2. The van der Waals surface area contributed by atoms with Crippen molar-refractivity contribution in [2.75, 3.05) is 37.5 Å². The Kier molecular flexibility index (Phi) is 11.0. The highest BCUT2D eigenvalue weighted by Gasteiger charge is 2.09. The molecule has 28 heavy (non-hydrogen) atoms. The van der Waals surface area contributed by atoms with Crippen LogP contribution in [0.3, 0.4) is 0 Å². The van der Waals surface area contributed by atoms with E-state index < -0.39 is 0 Å². The molecule has 0 aliphatic rings. The molecule has 2 rings (SSSR count). The zero-order valence-electron chi connectivity index (χ0n) is 17.1. The summed E-state index contributed by atoms with van der Waals surface area (Å²) in [5.41, 5.74) is 2.51. The SMILES string of the molecule is CSc1cc(C=CC=Cc2cc(SC)c(SC)c(SC)c2)cc(SC)c1SC. The third kappa shape index (κ3) is 6.26. The molecular formula is C22H26S6. The van der Waals surface area contributed by atoms with Crippen LogP contribution in [0.1, 0.15) is 11.1 Å². The van der Waals surface area contributed by atoms with Gasteiger partial charge < -0.3 is 0 Å². The summed E-state index contributed by atoms with van der Waals surface area (Å²) in [5, 5.41) is 0. The van der Waals surface area contributed by atoms with Gasteiger partial charge >= 0.3 is 0 Å². The molecule has 0 aliphatic carbocycles. The predicted octanol–water partition coefficient (Wildman–Crippen LogP) is 8.74. The van der Waals surface area contributed by atoms with E-state index in [0.29, 0.717) is 0 Å². The first-order valence-electron chi connectivity index (χ1n) is 8.56. The standard InChI is InChI=1S/C22H26S6/c1-23-17-11-15(12-18(24-2)21(17)27-5)9-7-8-10-16-13-19(25-3)22(28-6)20(14-16)26-4/h7-14H,1-6H3. The van der Waals surface area contributed by atoms with Gasteiger partial charge in [-0.1, -0.05) is 24.3 Å². The van der Waals surface area contributed by atoms with E-state index in [2.05, 4.69) is 86.1 Å². The van der Waals surface area contributed by atoms with Gasteiger partial charge in [0.05, 0.1) is 0 Å². The molecule has 150 valence electrons. The third-order valence-electron chi connectivity index (χ3n) is 4.06. The van der Waals surface area contributed by atoms with E-state index in [1.54, 1.807) is 0 Å². The van der Waals surface area contributed by atoms with Crippen molar-refractivity contribution in [3.63, 3.8) is 0 Å². The van der Waals surface area contributed by atoms with Crippen molar-refractivity contribution in [1.82, 2.24) is 0 Å². The minimum atomic E-state index is 1.25. The second-order valence-corrected chi connectivity index (χ2v) is 10.7. The molecule has 0 aromatic heterocycles. The zero-order chi connectivity index (χ0) is 20.5. The van der Waals surface area contributed by atoms with E-state index in [-0.39, 0.29) is 0 Å². The Bertz CT molecular complexity index is 733. The van der Waals surface area contributed by atoms with Gasteiger partial charge in [0.1, 0.15) is 0 Å². The molecule has 2 aromatic carbocycles. The molecule has 0 heterocycles. The molecule has 0 unspecified atom stereocenters. The van der Waals surface area contributed by atoms with Crippen LogP contribution in [0, 0.1) is 0 Å². The first kappa shape index (κ1) is 24.3. The Morgan fingerprint density at radius 3 is 0.964 bits per heavy atom. The van der Waals surface area contributed by atoms with Crippen LogP contribution in [0.4, 0.5) is 0 Å². The Morgan fingerprint density at radius 2 is 0.750 bits per heavy atom. The maximum atomic E-state index is 2.28. The number of benzene rings is 2. The van der Waals surface area contributed by atoms with Crippen molar-refractivity contribution < 1.29 is 0 Å². The number of hydrogen-bond donors (Lipinski definition) is 0.